The molecule has 0 spiro atoms. The Balaban J connectivity index is 0.000000771. The zero-order valence-corrected chi connectivity index (χ0v) is 11.3. The lowest BCUT2D eigenvalue weighted by Crippen LogP contribution is -2.01. The molecule has 0 aliphatic carbocycles. The van der Waals surface area contributed by atoms with E-state index < -0.39 is 5.82 Å². The van der Waals surface area contributed by atoms with E-state index in [9.17, 15) is 4.39 Å². The molecule has 0 amide bonds. The van der Waals surface area contributed by atoms with Gasteiger partial charge < -0.3 is 11.5 Å². The molecule has 2 rings (SSSR count). The van der Waals surface area contributed by atoms with Crippen LogP contribution in [-0.2, 0) is 6.42 Å². The maximum Gasteiger partial charge on any atom is 0.151 e. The Hall–Kier alpha value is -1.84. The molecule has 3 nitrogen and oxygen atoms in total. The highest BCUT2D eigenvalue weighted by Crippen LogP contribution is 2.28. The summed E-state index contributed by atoms with van der Waals surface area (Å²) in [6, 6.07) is 3.35. The fourth-order valence-corrected chi connectivity index (χ4v) is 1.79. The van der Waals surface area contributed by atoms with E-state index in [0.29, 0.717) is 22.2 Å². The lowest BCUT2D eigenvalue weighted by Gasteiger charge is -2.09. The molecule has 0 fully saturated rings. The predicted octanol–water partition coefficient (Wildman–Crippen LogP) is 3.44. The second-order valence-electron chi connectivity index (χ2n) is 3.86. The number of halogens is 1. The molecule has 98 valence electrons. The third kappa shape index (κ3) is 2.37. The van der Waals surface area contributed by atoms with Gasteiger partial charge in [0.1, 0.15) is 0 Å². The van der Waals surface area contributed by atoms with Crippen molar-refractivity contribution >= 4 is 22.3 Å². The van der Waals surface area contributed by atoms with Crippen molar-refractivity contribution in [1.82, 2.24) is 4.98 Å². The van der Waals surface area contributed by atoms with Crippen molar-refractivity contribution in [2.45, 2.75) is 34.1 Å². The topological polar surface area (TPSA) is 64.9 Å². The molecule has 4 N–H and O–H groups in total. The van der Waals surface area contributed by atoms with Gasteiger partial charge in [-0.15, -0.1) is 0 Å². The summed E-state index contributed by atoms with van der Waals surface area (Å²) in [6.45, 7) is 7.65. The van der Waals surface area contributed by atoms with Gasteiger partial charge in [-0.05, 0) is 25.5 Å². The quantitative estimate of drug-likeness (QED) is 0.761. The lowest BCUT2D eigenvalue weighted by molar-refractivity contribution is 0.625. The average Bonchev–Trinajstić information content (AvgIpc) is 2.39. The molecule has 4 heteroatoms. The number of benzene rings is 1. The Kier molecular flexibility index (Phi) is 4.48. The van der Waals surface area contributed by atoms with Gasteiger partial charge in [-0.1, -0.05) is 20.8 Å². The van der Waals surface area contributed by atoms with Crippen LogP contribution in [0.3, 0.4) is 0 Å². The first-order valence-corrected chi connectivity index (χ1v) is 6.18. The van der Waals surface area contributed by atoms with Crippen LogP contribution in [0.15, 0.2) is 12.1 Å². The van der Waals surface area contributed by atoms with Crippen LogP contribution in [0.25, 0.3) is 10.9 Å². The van der Waals surface area contributed by atoms with Gasteiger partial charge in [-0.2, -0.15) is 0 Å². The fraction of sp³-hybridized carbons (Fsp3) is 0.357. The summed E-state index contributed by atoms with van der Waals surface area (Å²) >= 11 is 0. The first-order chi connectivity index (χ1) is 8.54. The minimum absolute atomic E-state index is 0.114. The molecule has 0 radical (unpaired) electrons. The van der Waals surface area contributed by atoms with Crippen LogP contribution < -0.4 is 11.5 Å². The summed E-state index contributed by atoms with van der Waals surface area (Å²) in [5, 5.41) is 0.716. The number of pyridine rings is 1. The number of anilines is 2. The zero-order chi connectivity index (χ0) is 13.9. The van der Waals surface area contributed by atoms with E-state index in [2.05, 4.69) is 4.98 Å². The Morgan fingerprint density at radius 3 is 2.33 bits per heavy atom. The first kappa shape index (κ1) is 14.2. The fourth-order valence-electron chi connectivity index (χ4n) is 1.79. The van der Waals surface area contributed by atoms with Crippen LogP contribution in [0, 0.1) is 12.7 Å². The molecule has 0 atom stereocenters. The number of nitrogens with two attached hydrogens (primary N) is 2. The van der Waals surface area contributed by atoms with E-state index in [1.165, 1.54) is 0 Å². The van der Waals surface area contributed by atoms with Gasteiger partial charge in [0.2, 0.25) is 0 Å². The summed E-state index contributed by atoms with van der Waals surface area (Å²) in [5.74, 6) is -0.410. The minimum Gasteiger partial charge on any atom is -0.398 e. The zero-order valence-electron chi connectivity index (χ0n) is 11.3. The standard InChI is InChI=1S/C12H14FN3.C2H6/c1-3-7-4-9(14)8-5-10(15)11(13)6(2)12(8)16-7;1-2/h4-5H,3,15H2,1-2H3,(H2,14,16);1-2H3. The Bertz CT molecular complexity index is 565. The molecule has 0 bridgehead atoms. The second kappa shape index (κ2) is 5.67. The maximum absolute atomic E-state index is 13.6. The van der Waals surface area contributed by atoms with Gasteiger partial charge in [0.25, 0.3) is 0 Å². The number of aromatic nitrogens is 1. The summed E-state index contributed by atoms with van der Waals surface area (Å²) in [6.07, 6.45) is 0.769. The number of hydrogen-bond donors (Lipinski definition) is 2. The van der Waals surface area contributed by atoms with Gasteiger partial charge in [0.05, 0.1) is 11.2 Å². The van der Waals surface area contributed by atoms with E-state index in [1.807, 2.05) is 20.8 Å². The molecule has 18 heavy (non-hydrogen) atoms. The molecule has 1 aromatic heterocycles. The van der Waals surface area contributed by atoms with Crippen LogP contribution in [0.4, 0.5) is 15.8 Å². The van der Waals surface area contributed by atoms with Crippen LogP contribution in [0.5, 0.6) is 0 Å². The van der Waals surface area contributed by atoms with Crippen molar-refractivity contribution in [3.8, 4) is 0 Å². The van der Waals surface area contributed by atoms with Crippen LogP contribution in [0.1, 0.15) is 32.0 Å². The minimum atomic E-state index is -0.410. The molecule has 2 aromatic rings. The molecule has 0 saturated heterocycles. The molecule has 0 saturated carbocycles. The van der Waals surface area contributed by atoms with Crippen molar-refractivity contribution in [1.29, 1.82) is 0 Å². The van der Waals surface area contributed by atoms with Crippen molar-refractivity contribution < 1.29 is 4.39 Å². The number of aryl methyl sites for hydroxylation is 2. The highest BCUT2D eigenvalue weighted by molar-refractivity contribution is 5.94. The van der Waals surface area contributed by atoms with Crippen molar-refractivity contribution in [2.75, 3.05) is 11.5 Å². The van der Waals surface area contributed by atoms with Gasteiger partial charge in [0.15, 0.2) is 5.82 Å². The van der Waals surface area contributed by atoms with Crippen molar-refractivity contribution in [3.05, 3.63) is 29.2 Å². The molecule has 0 aliphatic heterocycles. The molecule has 0 aliphatic rings. The molecular formula is C14H20FN3. The average molecular weight is 249 g/mol. The number of rotatable bonds is 1. The van der Waals surface area contributed by atoms with Gasteiger partial charge >= 0.3 is 0 Å². The highest BCUT2D eigenvalue weighted by atomic mass is 19.1. The van der Waals surface area contributed by atoms with Gasteiger partial charge in [0, 0.05) is 22.3 Å². The number of nitrogen functional groups attached to an aromatic ring is 2. The smallest absolute Gasteiger partial charge is 0.151 e. The Morgan fingerprint density at radius 1 is 1.17 bits per heavy atom. The monoisotopic (exact) mass is 249 g/mol. The van der Waals surface area contributed by atoms with E-state index in [-0.39, 0.29) is 5.69 Å². The molecule has 0 unspecified atom stereocenters. The summed E-state index contributed by atoms with van der Waals surface area (Å²) in [7, 11) is 0. The number of nitrogens with zero attached hydrogens (tertiary/aromatic N) is 1. The summed E-state index contributed by atoms with van der Waals surface area (Å²) < 4.78 is 13.6. The van der Waals surface area contributed by atoms with Crippen LogP contribution in [0.2, 0.25) is 0 Å². The van der Waals surface area contributed by atoms with E-state index in [4.69, 9.17) is 11.5 Å². The van der Waals surface area contributed by atoms with Crippen LogP contribution >= 0.6 is 0 Å². The Labute approximate surface area is 107 Å². The summed E-state index contributed by atoms with van der Waals surface area (Å²) in [5.41, 5.74) is 14.1. The third-order valence-corrected chi connectivity index (χ3v) is 2.74. The highest BCUT2D eigenvalue weighted by Gasteiger charge is 2.11. The normalized spacial score (nSPS) is 10.1. The van der Waals surface area contributed by atoms with Crippen molar-refractivity contribution in [3.63, 3.8) is 0 Å². The summed E-state index contributed by atoms with van der Waals surface area (Å²) in [4.78, 5) is 4.38. The predicted molar refractivity (Wildman–Crippen MR) is 76.0 cm³/mol. The number of fused-ring (bicyclic) bond motifs is 1. The lowest BCUT2D eigenvalue weighted by atomic mass is 10.1. The third-order valence-electron chi connectivity index (χ3n) is 2.74. The van der Waals surface area contributed by atoms with E-state index >= 15 is 0 Å². The SMILES string of the molecule is CC.CCc1cc(N)c2cc(N)c(F)c(C)c2n1. The first-order valence-electron chi connectivity index (χ1n) is 6.18. The second-order valence-corrected chi connectivity index (χ2v) is 3.86. The maximum atomic E-state index is 13.6. The number of hydrogen-bond acceptors (Lipinski definition) is 3. The van der Waals surface area contributed by atoms with E-state index in [1.54, 1.807) is 19.1 Å². The van der Waals surface area contributed by atoms with E-state index in [0.717, 1.165) is 12.1 Å². The van der Waals surface area contributed by atoms with Gasteiger partial charge in [-0.3, -0.25) is 4.98 Å². The van der Waals surface area contributed by atoms with Crippen molar-refractivity contribution in [2.24, 2.45) is 0 Å². The van der Waals surface area contributed by atoms with Gasteiger partial charge in [-0.25, -0.2) is 4.39 Å². The molecular weight excluding hydrogens is 229 g/mol. The molecule has 1 aromatic carbocycles. The molecule has 1 heterocycles. The Morgan fingerprint density at radius 2 is 1.78 bits per heavy atom. The largest absolute Gasteiger partial charge is 0.398 e. The van der Waals surface area contributed by atoms with Crippen LogP contribution in [-0.4, -0.2) is 4.98 Å².